The van der Waals surface area contributed by atoms with Gasteiger partial charge in [0.25, 0.3) is 5.91 Å². The second kappa shape index (κ2) is 7.27. The van der Waals surface area contributed by atoms with Crippen LogP contribution in [0.3, 0.4) is 0 Å². The number of carbonyl (C=O) groups is 2. The van der Waals surface area contributed by atoms with Gasteiger partial charge in [-0.2, -0.15) is 0 Å². The van der Waals surface area contributed by atoms with Crippen LogP contribution in [0.15, 0.2) is 28.5 Å². The lowest BCUT2D eigenvalue weighted by Crippen LogP contribution is -2.47. The molecule has 1 unspecified atom stereocenters. The minimum Gasteiger partial charge on any atom is -0.366 e. The molecular formula is C17H24N4O3. The molecular weight excluding hydrogens is 308 g/mol. The fourth-order valence-electron chi connectivity index (χ4n) is 3.03. The average molecular weight is 332 g/mol. The number of carbonyl (C=O) groups excluding carboxylic acids is 2. The van der Waals surface area contributed by atoms with E-state index in [-0.39, 0.29) is 23.8 Å². The Morgan fingerprint density at radius 2 is 2.12 bits per heavy atom. The van der Waals surface area contributed by atoms with E-state index in [0.29, 0.717) is 18.3 Å². The molecule has 1 atom stereocenters. The van der Waals surface area contributed by atoms with Crippen molar-refractivity contribution in [1.82, 2.24) is 15.5 Å². The van der Waals surface area contributed by atoms with Crippen LogP contribution < -0.4 is 10.6 Å². The number of likely N-dealkylation sites (tertiary alicyclic amines) is 1. The molecule has 3 rings (SSSR count). The number of nitrogens with zero attached hydrogens (tertiary/aromatic N) is 2. The van der Waals surface area contributed by atoms with Crippen molar-refractivity contribution in [2.45, 2.75) is 32.7 Å². The van der Waals surface area contributed by atoms with Crippen LogP contribution >= 0.6 is 0 Å². The molecule has 0 spiro atoms. The summed E-state index contributed by atoms with van der Waals surface area (Å²) in [5, 5.41) is 5.73. The lowest BCUT2D eigenvalue weighted by molar-refractivity contribution is -0.118. The van der Waals surface area contributed by atoms with Crippen LogP contribution in [0.1, 0.15) is 26.7 Å². The largest absolute Gasteiger partial charge is 0.366 e. The van der Waals surface area contributed by atoms with Crippen molar-refractivity contribution >= 4 is 17.5 Å². The highest BCUT2D eigenvalue weighted by molar-refractivity contribution is 6.42. The number of hydrogen-bond acceptors (Lipinski definition) is 5. The summed E-state index contributed by atoms with van der Waals surface area (Å²) in [5.74, 6) is 0.135. The van der Waals surface area contributed by atoms with E-state index in [1.807, 2.05) is 19.1 Å². The van der Waals surface area contributed by atoms with Gasteiger partial charge in [-0.25, -0.2) is 4.99 Å². The molecule has 7 heteroatoms. The van der Waals surface area contributed by atoms with Gasteiger partial charge in [-0.1, -0.05) is 6.08 Å². The second-order valence-electron chi connectivity index (χ2n) is 6.34. The van der Waals surface area contributed by atoms with E-state index in [2.05, 4.69) is 20.5 Å². The zero-order chi connectivity index (χ0) is 17.1. The van der Waals surface area contributed by atoms with Crippen molar-refractivity contribution in [3.63, 3.8) is 0 Å². The quantitative estimate of drug-likeness (QED) is 0.744. The first-order valence-corrected chi connectivity index (χ1v) is 8.47. The van der Waals surface area contributed by atoms with Gasteiger partial charge in [0.2, 0.25) is 5.91 Å². The van der Waals surface area contributed by atoms with Gasteiger partial charge in [-0.15, -0.1) is 0 Å². The van der Waals surface area contributed by atoms with Gasteiger partial charge >= 0.3 is 0 Å². The minimum atomic E-state index is -0.189. The monoisotopic (exact) mass is 332 g/mol. The van der Waals surface area contributed by atoms with Crippen LogP contribution in [-0.4, -0.2) is 54.9 Å². The fourth-order valence-corrected chi connectivity index (χ4v) is 3.03. The molecule has 2 N–H and O–H groups in total. The van der Waals surface area contributed by atoms with Crippen LogP contribution in [0.5, 0.6) is 0 Å². The number of allylic oxidation sites excluding steroid dienone is 3. The Hall–Kier alpha value is -1.99. The smallest absolute Gasteiger partial charge is 0.266 e. The number of piperidine rings is 1. The standard InChI is InChI=1S/C17H24N4O3/c1-3-24-10-21-6-4-13(5-7-21)19-17(23)16-14-8-12(14)9-15(20-16)18-11(2)22/h8-9,13-14H,3-7,10H2,1-2H3,(H,18,22)(H,19,23). The van der Waals surface area contributed by atoms with Crippen LogP contribution in [0.2, 0.25) is 0 Å². The Morgan fingerprint density at radius 1 is 1.38 bits per heavy atom. The molecule has 0 aromatic heterocycles. The molecule has 130 valence electrons. The summed E-state index contributed by atoms with van der Waals surface area (Å²) < 4.78 is 5.42. The summed E-state index contributed by atoms with van der Waals surface area (Å²) in [4.78, 5) is 30.3. The van der Waals surface area contributed by atoms with Crippen LogP contribution in [0.4, 0.5) is 0 Å². The number of ether oxygens (including phenoxy) is 1. The maximum Gasteiger partial charge on any atom is 0.266 e. The van der Waals surface area contributed by atoms with Crippen molar-refractivity contribution in [2.24, 2.45) is 10.9 Å². The number of hydrogen-bond donors (Lipinski definition) is 2. The van der Waals surface area contributed by atoms with Crippen molar-refractivity contribution in [3.8, 4) is 0 Å². The van der Waals surface area contributed by atoms with Crippen LogP contribution in [0.25, 0.3) is 0 Å². The van der Waals surface area contributed by atoms with Crippen molar-refractivity contribution in [2.75, 3.05) is 26.4 Å². The van der Waals surface area contributed by atoms with Crippen LogP contribution in [0, 0.1) is 5.92 Å². The normalized spacial score (nSPS) is 23.6. The fraction of sp³-hybridized carbons (Fsp3) is 0.588. The van der Waals surface area contributed by atoms with E-state index < -0.39 is 0 Å². The highest BCUT2D eigenvalue weighted by Gasteiger charge is 2.37. The molecule has 2 amide bonds. The van der Waals surface area contributed by atoms with E-state index in [1.54, 1.807) is 0 Å². The van der Waals surface area contributed by atoms with Gasteiger partial charge in [-0.3, -0.25) is 14.5 Å². The number of amides is 2. The second-order valence-corrected chi connectivity index (χ2v) is 6.34. The Balaban J connectivity index is 1.52. The highest BCUT2D eigenvalue weighted by Crippen LogP contribution is 2.36. The molecule has 0 radical (unpaired) electrons. The van der Waals surface area contributed by atoms with Gasteiger partial charge in [0.1, 0.15) is 11.5 Å². The molecule has 0 aromatic carbocycles. The zero-order valence-corrected chi connectivity index (χ0v) is 14.2. The Morgan fingerprint density at radius 3 is 2.79 bits per heavy atom. The predicted molar refractivity (Wildman–Crippen MR) is 90.1 cm³/mol. The topological polar surface area (TPSA) is 83.0 Å². The number of nitrogens with one attached hydrogen (secondary N) is 2. The first-order chi connectivity index (χ1) is 11.6. The van der Waals surface area contributed by atoms with E-state index in [1.165, 1.54) is 6.92 Å². The summed E-state index contributed by atoms with van der Waals surface area (Å²) >= 11 is 0. The molecule has 0 saturated carbocycles. The van der Waals surface area contributed by atoms with E-state index >= 15 is 0 Å². The van der Waals surface area contributed by atoms with Crippen molar-refractivity contribution < 1.29 is 14.3 Å². The number of fused-ring (bicyclic) bond motifs is 1. The van der Waals surface area contributed by atoms with E-state index in [4.69, 9.17) is 4.74 Å². The number of rotatable bonds is 6. The third-order valence-electron chi connectivity index (χ3n) is 4.39. The minimum absolute atomic E-state index is 0.0144. The maximum absolute atomic E-state index is 12.5. The zero-order valence-electron chi connectivity index (χ0n) is 14.2. The third-order valence-corrected chi connectivity index (χ3v) is 4.39. The van der Waals surface area contributed by atoms with Crippen molar-refractivity contribution in [1.29, 1.82) is 0 Å². The van der Waals surface area contributed by atoms with Crippen molar-refractivity contribution in [3.05, 3.63) is 23.5 Å². The molecule has 1 fully saturated rings. The van der Waals surface area contributed by atoms with E-state index in [0.717, 1.165) is 38.1 Å². The summed E-state index contributed by atoms with van der Waals surface area (Å²) in [6.45, 7) is 6.63. The Bertz CT molecular complexity index is 615. The van der Waals surface area contributed by atoms with Gasteiger partial charge in [0.15, 0.2) is 0 Å². The van der Waals surface area contributed by atoms with Gasteiger partial charge in [0.05, 0.1) is 12.6 Å². The summed E-state index contributed by atoms with van der Waals surface area (Å²) in [6.07, 6.45) is 5.61. The summed E-state index contributed by atoms with van der Waals surface area (Å²) in [7, 11) is 0. The summed E-state index contributed by atoms with van der Waals surface area (Å²) in [5.41, 5.74) is 1.53. The number of aliphatic imine (C=N–C) groups is 1. The maximum atomic E-state index is 12.5. The first kappa shape index (κ1) is 16.9. The van der Waals surface area contributed by atoms with Crippen LogP contribution in [-0.2, 0) is 14.3 Å². The molecule has 0 aromatic rings. The molecule has 7 nitrogen and oxygen atoms in total. The molecule has 1 saturated heterocycles. The summed E-state index contributed by atoms with van der Waals surface area (Å²) in [6, 6.07) is 0.162. The first-order valence-electron chi connectivity index (χ1n) is 8.47. The molecule has 0 bridgehead atoms. The third kappa shape index (κ3) is 4.10. The molecule has 1 aliphatic carbocycles. The Labute approximate surface area is 141 Å². The predicted octanol–water partition coefficient (Wildman–Crippen LogP) is 0.549. The average Bonchev–Trinajstić information content (AvgIpc) is 3.32. The van der Waals surface area contributed by atoms with Gasteiger partial charge < -0.3 is 15.4 Å². The lowest BCUT2D eigenvalue weighted by atomic mass is 10.0. The SMILES string of the molecule is CCOCN1CCC(NC(=O)C2=NC(NC(C)=O)=CC3=CC32)CC1. The van der Waals surface area contributed by atoms with E-state index in [9.17, 15) is 9.59 Å². The van der Waals surface area contributed by atoms with Gasteiger partial charge in [0, 0.05) is 32.7 Å². The van der Waals surface area contributed by atoms with Gasteiger partial charge in [-0.05, 0) is 31.4 Å². The molecule has 2 heterocycles. The molecule has 24 heavy (non-hydrogen) atoms. The Kier molecular flexibility index (Phi) is 5.11. The lowest BCUT2D eigenvalue weighted by Gasteiger charge is -2.32. The molecule has 3 aliphatic rings. The highest BCUT2D eigenvalue weighted by atomic mass is 16.5. The molecule has 2 aliphatic heterocycles.